The van der Waals surface area contributed by atoms with Crippen LogP contribution in [0.2, 0.25) is 0 Å². The van der Waals surface area contributed by atoms with Crippen molar-refractivity contribution < 1.29 is 27.6 Å². The Labute approximate surface area is 171 Å². The fraction of sp³-hybridized carbons (Fsp3) is 0.500. The highest BCUT2D eigenvalue weighted by molar-refractivity contribution is 6.07. The van der Waals surface area contributed by atoms with E-state index in [-0.39, 0.29) is 17.5 Å². The highest BCUT2D eigenvalue weighted by Crippen LogP contribution is 2.65. The number of nitrogens with zero attached hydrogens (tertiary/aromatic N) is 2. The first kappa shape index (κ1) is 19.3. The highest BCUT2D eigenvalue weighted by atomic mass is 19.4. The lowest BCUT2D eigenvalue weighted by Gasteiger charge is -2.37. The molecule has 5 nitrogen and oxygen atoms in total. The smallest absolute Gasteiger partial charge is 0.286 e. The van der Waals surface area contributed by atoms with Gasteiger partial charge < -0.3 is 0 Å². The first-order valence-electron chi connectivity index (χ1n) is 10.1. The van der Waals surface area contributed by atoms with Crippen molar-refractivity contribution in [1.29, 1.82) is 0 Å². The number of benzene rings is 1. The van der Waals surface area contributed by atoms with Crippen LogP contribution < -0.4 is 4.90 Å². The molecule has 0 aromatic heterocycles. The minimum Gasteiger partial charge on any atom is -0.286 e. The van der Waals surface area contributed by atoms with Gasteiger partial charge in [0.05, 0.1) is 11.8 Å². The Hall–Kier alpha value is -2.64. The topological polar surface area (TPSA) is 57.7 Å². The van der Waals surface area contributed by atoms with Gasteiger partial charge in [-0.05, 0) is 55.6 Å². The van der Waals surface area contributed by atoms with Crippen molar-refractivity contribution in [3.8, 4) is 0 Å². The fourth-order valence-corrected chi connectivity index (χ4v) is 5.81. The first-order chi connectivity index (χ1) is 14.1. The van der Waals surface area contributed by atoms with Crippen LogP contribution in [0.15, 0.2) is 30.4 Å². The number of halogens is 3. The van der Waals surface area contributed by atoms with Gasteiger partial charge in [-0.15, -0.1) is 0 Å². The van der Waals surface area contributed by atoms with Gasteiger partial charge in [0.1, 0.15) is 6.67 Å². The van der Waals surface area contributed by atoms with Crippen LogP contribution in [0.25, 0.3) is 0 Å². The first-order valence-corrected chi connectivity index (χ1v) is 10.1. The van der Waals surface area contributed by atoms with E-state index < -0.39 is 42.4 Å². The molecule has 8 heteroatoms. The normalized spacial score (nSPS) is 33.6. The van der Waals surface area contributed by atoms with Gasteiger partial charge in [-0.1, -0.05) is 29.8 Å². The number of aryl methyl sites for hydroxylation is 2. The monoisotopic (exact) mass is 418 g/mol. The van der Waals surface area contributed by atoms with Crippen molar-refractivity contribution in [3.63, 3.8) is 0 Å². The van der Waals surface area contributed by atoms with Crippen molar-refractivity contribution in [2.24, 2.45) is 35.5 Å². The number of alkyl halides is 3. The van der Waals surface area contributed by atoms with Crippen LogP contribution in [0.3, 0.4) is 0 Å². The maximum Gasteiger partial charge on any atom is 0.471 e. The lowest BCUT2D eigenvalue weighted by atomic mass is 9.63. The Morgan fingerprint density at radius 2 is 1.63 bits per heavy atom. The molecule has 0 unspecified atom stereocenters. The zero-order valence-corrected chi connectivity index (χ0v) is 16.5. The second-order valence-corrected chi connectivity index (χ2v) is 8.92. The number of amides is 3. The van der Waals surface area contributed by atoms with Crippen molar-refractivity contribution in [1.82, 2.24) is 4.90 Å². The van der Waals surface area contributed by atoms with Crippen molar-refractivity contribution in [3.05, 3.63) is 41.5 Å². The molecule has 6 rings (SSSR count). The second kappa shape index (κ2) is 6.18. The van der Waals surface area contributed by atoms with Gasteiger partial charge in [-0.25, -0.2) is 0 Å². The standard InChI is InChI=1S/C22H21F3N2O3/c1-10-3-6-16(11(2)7-10)26(21(30)22(23,24)25)9-27-19(28)17-12-4-5-13(15-8-14(12)15)18(17)20(27)29/h3-7,12-15,17-18H,8-9H2,1-2H3/t12-,13-,14-,15-,17-,18+/m0/s1. The summed E-state index contributed by atoms with van der Waals surface area (Å²) >= 11 is 0. The summed E-state index contributed by atoms with van der Waals surface area (Å²) in [7, 11) is 0. The van der Waals surface area contributed by atoms with Gasteiger partial charge in [0.15, 0.2) is 0 Å². The Kier molecular flexibility index (Phi) is 3.98. The molecule has 1 aliphatic heterocycles. The van der Waals surface area contributed by atoms with Crippen molar-refractivity contribution in [2.45, 2.75) is 26.4 Å². The summed E-state index contributed by atoms with van der Waals surface area (Å²) in [5.74, 6) is -3.31. The molecule has 0 radical (unpaired) electrons. The van der Waals surface area contributed by atoms with Gasteiger partial charge >= 0.3 is 12.1 Å². The van der Waals surface area contributed by atoms with Crippen molar-refractivity contribution >= 4 is 23.4 Å². The van der Waals surface area contributed by atoms with Crippen LogP contribution in [0.5, 0.6) is 0 Å². The lowest BCUT2D eigenvalue weighted by molar-refractivity contribution is -0.171. The fourth-order valence-electron chi connectivity index (χ4n) is 5.81. The predicted octanol–water partition coefficient (Wildman–Crippen LogP) is 3.21. The van der Waals surface area contributed by atoms with E-state index in [2.05, 4.69) is 0 Å². The van der Waals surface area contributed by atoms with Crippen LogP contribution in [-0.2, 0) is 14.4 Å². The number of carbonyl (C=O) groups excluding carboxylic acids is 3. The molecule has 4 aliphatic carbocycles. The van der Waals surface area contributed by atoms with E-state index in [0.717, 1.165) is 16.9 Å². The minimum atomic E-state index is -5.13. The molecule has 1 heterocycles. The Morgan fingerprint density at radius 1 is 1.07 bits per heavy atom. The average molecular weight is 418 g/mol. The molecular weight excluding hydrogens is 397 g/mol. The molecule has 1 aromatic carbocycles. The largest absolute Gasteiger partial charge is 0.471 e. The Bertz CT molecular complexity index is 966. The Balaban J connectivity index is 1.49. The number of imide groups is 1. The SMILES string of the molecule is Cc1ccc(N(CN2C(=O)[C@@H]3[C@H]4C=C[C@@H]([C@@H]5C[C@@H]45)[C@@H]3C2=O)C(=O)C(F)(F)F)c(C)c1. The van der Waals surface area contributed by atoms with Crippen LogP contribution in [-0.4, -0.2) is 35.5 Å². The summed E-state index contributed by atoms with van der Waals surface area (Å²) in [5.41, 5.74) is 1.34. The Morgan fingerprint density at radius 3 is 2.13 bits per heavy atom. The van der Waals surface area contributed by atoms with Gasteiger partial charge in [0.2, 0.25) is 11.8 Å². The minimum absolute atomic E-state index is 0.0284. The number of carbonyl (C=O) groups is 3. The van der Waals surface area contributed by atoms with E-state index in [0.29, 0.717) is 22.3 Å². The molecule has 5 aliphatic rings. The number of rotatable bonds is 3. The van der Waals surface area contributed by atoms with E-state index in [1.807, 2.05) is 12.2 Å². The quantitative estimate of drug-likeness (QED) is 0.560. The summed E-state index contributed by atoms with van der Waals surface area (Å²) < 4.78 is 40.1. The molecule has 3 fully saturated rings. The molecule has 1 saturated heterocycles. The molecule has 30 heavy (non-hydrogen) atoms. The maximum absolute atomic E-state index is 13.4. The van der Waals surface area contributed by atoms with Crippen LogP contribution in [0.4, 0.5) is 18.9 Å². The maximum atomic E-state index is 13.4. The number of hydrogen-bond acceptors (Lipinski definition) is 3. The number of hydrogen-bond donors (Lipinski definition) is 0. The second-order valence-electron chi connectivity index (χ2n) is 8.92. The predicted molar refractivity (Wildman–Crippen MR) is 101 cm³/mol. The number of likely N-dealkylation sites (tertiary alicyclic amines) is 1. The third kappa shape index (κ3) is 2.65. The summed E-state index contributed by atoms with van der Waals surface area (Å²) in [6, 6.07) is 4.69. The van der Waals surface area contributed by atoms with E-state index >= 15 is 0 Å². The van der Waals surface area contributed by atoms with Crippen LogP contribution in [0, 0.1) is 49.4 Å². The average Bonchev–Trinajstić information content (AvgIpc) is 3.45. The zero-order chi connectivity index (χ0) is 21.5. The lowest BCUT2D eigenvalue weighted by Crippen LogP contribution is -2.49. The highest BCUT2D eigenvalue weighted by Gasteiger charge is 2.67. The summed E-state index contributed by atoms with van der Waals surface area (Å²) in [6.45, 7) is 2.67. The molecular formula is C22H21F3N2O3. The van der Waals surface area contributed by atoms with Crippen LogP contribution in [0.1, 0.15) is 17.5 Å². The van der Waals surface area contributed by atoms with E-state index in [9.17, 15) is 27.6 Å². The molecule has 0 N–H and O–H groups in total. The van der Waals surface area contributed by atoms with E-state index in [1.54, 1.807) is 26.0 Å². The van der Waals surface area contributed by atoms with Crippen LogP contribution >= 0.6 is 0 Å². The third-order valence-corrected chi connectivity index (χ3v) is 7.17. The molecule has 2 saturated carbocycles. The zero-order valence-electron chi connectivity index (χ0n) is 16.5. The molecule has 158 valence electrons. The summed E-state index contributed by atoms with van der Waals surface area (Å²) in [4.78, 5) is 39.9. The van der Waals surface area contributed by atoms with Gasteiger partial charge in [0.25, 0.3) is 0 Å². The number of anilines is 1. The number of allylic oxidation sites excluding steroid dienone is 2. The molecule has 1 aromatic rings. The van der Waals surface area contributed by atoms with E-state index in [4.69, 9.17) is 0 Å². The summed E-state index contributed by atoms with van der Waals surface area (Å²) in [6.07, 6.45) is -0.135. The molecule has 6 atom stereocenters. The van der Waals surface area contributed by atoms with Gasteiger partial charge in [-0.3, -0.25) is 24.2 Å². The molecule has 2 bridgehead atoms. The van der Waals surface area contributed by atoms with Gasteiger partial charge in [0, 0.05) is 5.69 Å². The molecule has 3 amide bonds. The third-order valence-electron chi connectivity index (χ3n) is 7.17. The van der Waals surface area contributed by atoms with Gasteiger partial charge in [-0.2, -0.15) is 13.2 Å². The van der Waals surface area contributed by atoms with Crippen molar-refractivity contribution in [2.75, 3.05) is 11.6 Å². The van der Waals surface area contributed by atoms with E-state index in [1.165, 1.54) is 6.07 Å². The summed E-state index contributed by atoms with van der Waals surface area (Å²) in [5, 5.41) is 0. The molecule has 0 spiro atoms.